The summed E-state index contributed by atoms with van der Waals surface area (Å²) in [5, 5.41) is 8.88. The first kappa shape index (κ1) is 12.5. The lowest BCUT2D eigenvalue weighted by atomic mass is 10.1. The Hall–Kier alpha value is -2.52. The van der Waals surface area contributed by atoms with Crippen molar-refractivity contribution in [2.24, 2.45) is 0 Å². The highest BCUT2D eigenvalue weighted by Gasteiger charge is 2.13. The Morgan fingerprint density at radius 1 is 1.05 bits per heavy atom. The highest BCUT2D eigenvalue weighted by atomic mass is 16.5. The summed E-state index contributed by atoms with van der Waals surface area (Å²) in [6, 6.07) is 3.85. The quantitative estimate of drug-likeness (QED) is 0.815. The van der Waals surface area contributed by atoms with E-state index in [0.717, 1.165) is 24.2 Å². The molecule has 1 fully saturated rings. The molecule has 20 heavy (non-hydrogen) atoms. The maximum atomic E-state index is 8.88. The van der Waals surface area contributed by atoms with Gasteiger partial charge in [0.15, 0.2) is 0 Å². The lowest BCUT2D eigenvalue weighted by Crippen LogP contribution is -2.37. The molecule has 0 N–H and O–H groups in total. The largest absolute Gasteiger partial charge is 0.378 e. The molecule has 0 bridgehead atoms. The molecule has 0 atom stereocenters. The molecule has 100 valence electrons. The van der Waals surface area contributed by atoms with Crippen molar-refractivity contribution in [1.29, 1.82) is 5.26 Å². The van der Waals surface area contributed by atoms with Gasteiger partial charge in [0.05, 0.1) is 18.8 Å². The average Bonchev–Trinajstić information content (AvgIpc) is 2.56. The van der Waals surface area contributed by atoms with E-state index < -0.39 is 0 Å². The van der Waals surface area contributed by atoms with E-state index in [1.54, 1.807) is 24.7 Å². The molecule has 1 aliphatic rings. The summed E-state index contributed by atoms with van der Waals surface area (Å²) in [6.07, 6.45) is 6.76. The molecule has 6 nitrogen and oxygen atoms in total. The van der Waals surface area contributed by atoms with Gasteiger partial charge in [-0.3, -0.25) is 4.98 Å². The second-order valence-corrected chi connectivity index (χ2v) is 4.45. The SMILES string of the molecule is N#Cc1cncc(-c2cnc(N3CCOCC3)nc2)c1. The first-order valence-corrected chi connectivity index (χ1v) is 6.37. The van der Waals surface area contributed by atoms with Gasteiger partial charge < -0.3 is 9.64 Å². The number of morpholine rings is 1. The normalized spacial score (nSPS) is 14.8. The zero-order chi connectivity index (χ0) is 13.8. The van der Waals surface area contributed by atoms with E-state index in [1.807, 2.05) is 0 Å². The maximum Gasteiger partial charge on any atom is 0.225 e. The van der Waals surface area contributed by atoms with Crippen molar-refractivity contribution in [3.8, 4) is 17.2 Å². The Morgan fingerprint density at radius 2 is 1.80 bits per heavy atom. The first-order chi connectivity index (χ1) is 9.86. The standard InChI is InChI=1S/C14H13N5O/c15-6-11-5-12(8-16-7-11)13-9-17-14(18-10-13)19-1-3-20-4-2-19/h5,7-10H,1-4H2. The molecule has 1 aliphatic heterocycles. The number of anilines is 1. The first-order valence-electron chi connectivity index (χ1n) is 6.37. The lowest BCUT2D eigenvalue weighted by molar-refractivity contribution is 0.122. The fourth-order valence-corrected chi connectivity index (χ4v) is 2.06. The van der Waals surface area contributed by atoms with Crippen LogP contribution in [0.3, 0.4) is 0 Å². The summed E-state index contributed by atoms with van der Waals surface area (Å²) in [4.78, 5) is 14.9. The Bertz CT molecular complexity index is 629. The lowest BCUT2D eigenvalue weighted by Gasteiger charge is -2.26. The molecule has 0 spiro atoms. The number of pyridine rings is 1. The Labute approximate surface area is 116 Å². The molecular formula is C14H13N5O. The number of nitrogens with zero attached hydrogens (tertiary/aromatic N) is 5. The summed E-state index contributed by atoms with van der Waals surface area (Å²) < 4.78 is 5.30. The highest BCUT2D eigenvalue weighted by molar-refractivity contribution is 5.62. The molecular weight excluding hydrogens is 254 g/mol. The van der Waals surface area contributed by atoms with Crippen molar-refractivity contribution in [3.05, 3.63) is 36.4 Å². The van der Waals surface area contributed by atoms with Gasteiger partial charge in [0.2, 0.25) is 5.95 Å². The van der Waals surface area contributed by atoms with Gasteiger partial charge in [-0.1, -0.05) is 0 Å². The van der Waals surface area contributed by atoms with E-state index in [2.05, 4.69) is 25.9 Å². The third-order valence-corrected chi connectivity index (χ3v) is 3.13. The molecule has 3 rings (SSSR count). The second-order valence-electron chi connectivity index (χ2n) is 4.45. The number of hydrogen-bond donors (Lipinski definition) is 0. The predicted octanol–water partition coefficient (Wildman–Crippen LogP) is 1.25. The van der Waals surface area contributed by atoms with Crippen molar-refractivity contribution in [1.82, 2.24) is 15.0 Å². The summed E-state index contributed by atoms with van der Waals surface area (Å²) in [5.74, 6) is 0.710. The van der Waals surface area contributed by atoms with Gasteiger partial charge in [-0.2, -0.15) is 5.26 Å². The van der Waals surface area contributed by atoms with Gasteiger partial charge in [-0.05, 0) is 6.07 Å². The second kappa shape index (κ2) is 5.63. The van der Waals surface area contributed by atoms with Crippen LogP contribution in [0, 0.1) is 11.3 Å². The molecule has 6 heteroatoms. The van der Waals surface area contributed by atoms with Gasteiger partial charge in [-0.25, -0.2) is 9.97 Å². The Kier molecular flexibility index (Phi) is 3.52. The predicted molar refractivity (Wildman–Crippen MR) is 73.0 cm³/mol. The molecule has 0 amide bonds. The summed E-state index contributed by atoms with van der Waals surface area (Å²) in [7, 11) is 0. The van der Waals surface area contributed by atoms with Crippen molar-refractivity contribution in [2.45, 2.75) is 0 Å². The number of ether oxygens (including phenoxy) is 1. The third-order valence-electron chi connectivity index (χ3n) is 3.13. The minimum Gasteiger partial charge on any atom is -0.378 e. The monoisotopic (exact) mass is 267 g/mol. The minimum atomic E-state index is 0.528. The third kappa shape index (κ3) is 2.58. The fourth-order valence-electron chi connectivity index (χ4n) is 2.06. The molecule has 0 unspecified atom stereocenters. The Balaban J connectivity index is 1.83. The van der Waals surface area contributed by atoms with E-state index in [1.165, 1.54) is 6.20 Å². The fraction of sp³-hybridized carbons (Fsp3) is 0.286. The Morgan fingerprint density at radius 3 is 2.50 bits per heavy atom. The van der Waals surface area contributed by atoms with Crippen LogP contribution in [0.5, 0.6) is 0 Å². The van der Waals surface area contributed by atoms with Crippen molar-refractivity contribution in [2.75, 3.05) is 31.2 Å². The topological polar surface area (TPSA) is 74.9 Å². The molecule has 0 saturated carbocycles. The number of rotatable bonds is 2. The van der Waals surface area contributed by atoms with E-state index in [0.29, 0.717) is 24.7 Å². The highest BCUT2D eigenvalue weighted by Crippen LogP contribution is 2.19. The molecule has 0 radical (unpaired) electrons. The number of aromatic nitrogens is 3. The van der Waals surface area contributed by atoms with Crippen LogP contribution in [0.1, 0.15) is 5.56 Å². The van der Waals surface area contributed by atoms with Crippen LogP contribution in [-0.2, 0) is 4.74 Å². The zero-order valence-electron chi connectivity index (χ0n) is 10.9. The van der Waals surface area contributed by atoms with Crippen LogP contribution in [0.4, 0.5) is 5.95 Å². The molecule has 0 aromatic carbocycles. The number of nitriles is 1. The molecule has 1 saturated heterocycles. The van der Waals surface area contributed by atoms with Crippen LogP contribution in [0.2, 0.25) is 0 Å². The van der Waals surface area contributed by atoms with Crippen LogP contribution in [0.15, 0.2) is 30.9 Å². The molecule has 0 aliphatic carbocycles. The maximum absolute atomic E-state index is 8.88. The molecule has 2 aromatic heterocycles. The van der Waals surface area contributed by atoms with Crippen molar-refractivity contribution < 1.29 is 4.74 Å². The van der Waals surface area contributed by atoms with Crippen molar-refractivity contribution in [3.63, 3.8) is 0 Å². The van der Waals surface area contributed by atoms with E-state index in [-0.39, 0.29) is 0 Å². The van der Waals surface area contributed by atoms with Crippen LogP contribution >= 0.6 is 0 Å². The molecule has 2 aromatic rings. The minimum absolute atomic E-state index is 0.528. The average molecular weight is 267 g/mol. The summed E-state index contributed by atoms with van der Waals surface area (Å²) >= 11 is 0. The van der Waals surface area contributed by atoms with Gasteiger partial charge in [0.25, 0.3) is 0 Å². The van der Waals surface area contributed by atoms with Gasteiger partial charge in [0.1, 0.15) is 6.07 Å². The van der Waals surface area contributed by atoms with Crippen molar-refractivity contribution >= 4 is 5.95 Å². The van der Waals surface area contributed by atoms with E-state index in [9.17, 15) is 0 Å². The zero-order valence-corrected chi connectivity index (χ0v) is 10.9. The van der Waals surface area contributed by atoms with Crippen LogP contribution < -0.4 is 4.90 Å². The smallest absolute Gasteiger partial charge is 0.225 e. The van der Waals surface area contributed by atoms with E-state index in [4.69, 9.17) is 10.00 Å². The summed E-state index contributed by atoms with van der Waals surface area (Å²) in [5.41, 5.74) is 2.23. The van der Waals surface area contributed by atoms with Gasteiger partial charge in [-0.15, -0.1) is 0 Å². The van der Waals surface area contributed by atoms with E-state index >= 15 is 0 Å². The van der Waals surface area contributed by atoms with Crippen LogP contribution in [-0.4, -0.2) is 41.3 Å². The molecule has 3 heterocycles. The van der Waals surface area contributed by atoms with Crippen LogP contribution in [0.25, 0.3) is 11.1 Å². The van der Waals surface area contributed by atoms with Gasteiger partial charge >= 0.3 is 0 Å². The number of hydrogen-bond acceptors (Lipinski definition) is 6. The summed E-state index contributed by atoms with van der Waals surface area (Å²) in [6.45, 7) is 3.04. The van der Waals surface area contributed by atoms with Gasteiger partial charge in [0, 0.05) is 49.0 Å².